The van der Waals surface area contributed by atoms with Gasteiger partial charge in [0.15, 0.2) is 11.5 Å². The van der Waals surface area contributed by atoms with Gasteiger partial charge in [0, 0.05) is 13.1 Å². The second-order valence-electron chi connectivity index (χ2n) is 4.96. The van der Waals surface area contributed by atoms with Crippen LogP contribution >= 0.6 is 11.6 Å². The lowest BCUT2D eigenvalue weighted by molar-refractivity contribution is 0.280. The van der Waals surface area contributed by atoms with Crippen molar-refractivity contribution in [3.63, 3.8) is 0 Å². The molecule has 21 heavy (non-hydrogen) atoms. The molecule has 0 amide bonds. The van der Waals surface area contributed by atoms with E-state index in [2.05, 4.69) is 10.3 Å². The zero-order chi connectivity index (χ0) is 15.4. The zero-order valence-corrected chi connectivity index (χ0v) is 13.1. The minimum atomic E-state index is 0.0529. The number of aryl methyl sites for hydroxylation is 1. The summed E-state index contributed by atoms with van der Waals surface area (Å²) in [4.78, 5) is 0. The lowest BCUT2D eigenvalue weighted by Crippen LogP contribution is -2.17. The van der Waals surface area contributed by atoms with Gasteiger partial charge >= 0.3 is 0 Å². The van der Waals surface area contributed by atoms with Gasteiger partial charge in [0.05, 0.1) is 18.3 Å². The maximum absolute atomic E-state index is 6.28. The minimum absolute atomic E-state index is 0.0529. The van der Waals surface area contributed by atoms with Crippen LogP contribution in [0.1, 0.15) is 18.2 Å². The lowest BCUT2D eigenvalue weighted by Gasteiger charge is -2.14. The first-order chi connectivity index (χ1) is 9.99. The Bertz CT molecular complexity index is 613. The number of ether oxygens (including phenoxy) is 2. The fraction of sp³-hybridized carbons (Fsp3) is 0.429. The van der Waals surface area contributed by atoms with Crippen LogP contribution < -0.4 is 15.2 Å². The quantitative estimate of drug-likeness (QED) is 0.882. The largest absolute Gasteiger partial charge is 0.493 e. The number of rotatable bonds is 6. The first kappa shape index (κ1) is 15.6. The zero-order valence-electron chi connectivity index (χ0n) is 12.3. The Kier molecular flexibility index (Phi) is 5.03. The van der Waals surface area contributed by atoms with E-state index in [0.717, 1.165) is 17.7 Å². The summed E-state index contributed by atoms with van der Waals surface area (Å²) >= 11 is 6.28. The molecule has 0 aliphatic rings. The average molecular weight is 311 g/mol. The van der Waals surface area contributed by atoms with Crippen molar-refractivity contribution >= 4 is 11.6 Å². The molecule has 2 N–H and O–H groups in total. The summed E-state index contributed by atoms with van der Waals surface area (Å²) < 4.78 is 12.7. The standard InChI is InChI=1S/C14H19ClN4O2/c1-9(16)4-10-5-12(15)14(13(6-10)20-3)21-8-11-7-19(2)18-17-11/h5-7,9H,4,8,16H2,1-3H3. The van der Waals surface area contributed by atoms with Crippen molar-refractivity contribution in [2.45, 2.75) is 26.0 Å². The molecule has 0 fully saturated rings. The number of hydrogen-bond donors (Lipinski definition) is 1. The molecule has 0 radical (unpaired) electrons. The molecule has 0 saturated carbocycles. The molecule has 7 heteroatoms. The molecule has 1 heterocycles. The Morgan fingerprint density at radius 3 is 2.76 bits per heavy atom. The summed E-state index contributed by atoms with van der Waals surface area (Å²) in [6, 6.07) is 3.79. The van der Waals surface area contributed by atoms with Crippen LogP contribution in [0.15, 0.2) is 18.3 Å². The SMILES string of the molecule is COc1cc(CC(C)N)cc(Cl)c1OCc1cn(C)nn1. The summed E-state index contributed by atoms with van der Waals surface area (Å²) in [5.41, 5.74) is 7.54. The van der Waals surface area contributed by atoms with Crippen LogP contribution in [0.3, 0.4) is 0 Å². The Labute approximate surface area is 128 Å². The highest BCUT2D eigenvalue weighted by molar-refractivity contribution is 6.32. The van der Waals surface area contributed by atoms with Gasteiger partial charge in [-0.05, 0) is 31.0 Å². The molecule has 2 aromatic rings. The molecule has 0 aliphatic carbocycles. The molecule has 0 spiro atoms. The van der Waals surface area contributed by atoms with E-state index in [0.29, 0.717) is 16.5 Å². The molecular formula is C14H19ClN4O2. The Hall–Kier alpha value is -1.79. The van der Waals surface area contributed by atoms with E-state index in [1.165, 1.54) is 0 Å². The molecule has 0 saturated heterocycles. The third-order valence-corrected chi connectivity index (χ3v) is 3.14. The van der Waals surface area contributed by atoms with Crippen LogP contribution in [-0.4, -0.2) is 28.1 Å². The molecule has 1 aromatic heterocycles. The number of halogens is 1. The van der Waals surface area contributed by atoms with Gasteiger partial charge in [-0.2, -0.15) is 0 Å². The fourth-order valence-corrected chi connectivity index (χ4v) is 2.30. The van der Waals surface area contributed by atoms with Crippen LogP contribution in [0.2, 0.25) is 5.02 Å². The molecule has 1 unspecified atom stereocenters. The van der Waals surface area contributed by atoms with Crippen molar-refractivity contribution in [1.82, 2.24) is 15.0 Å². The monoisotopic (exact) mass is 310 g/mol. The van der Waals surface area contributed by atoms with Crippen molar-refractivity contribution in [3.8, 4) is 11.5 Å². The van der Waals surface area contributed by atoms with E-state index in [4.69, 9.17) is 26.8 Å². The topological polar surface area (TPSA) is 75.2 Å². The first-order valence-electron chi connectivity index (χ1n) is 6.59. The van der Waals surface area contributed by atoms with E-state index in [9.17, 15) is 0 Å². The minimum Gasteiger partial charge on any atom is -0.493 e. The highest BCUT2D eigenvalue weighted by atomic mass is 35.5. The van der Waals surface area contributed by atoms with Gasteiger partial charge in [0.25, 0.3) is 0 Å². The van der Waals surface area contributed by atoms with Crippen LogP contribution in [0.25, 0.3) is 0 Å². The number of benzene rings is 1. The highest BCUT2D eigenvalue weighted by Gasteiger charge is 2.13. The van der Waals surface area contributed by atoms with Crippen LogP contribution in [0.5, 0.6) is 11.5 Å². The number of aromatic nitrogens is 3. The summed E-state index contributed by atoms with van der Waals surface area (Å²) in [7, 11) is 3.38. The Morgan fingerprint density at radius 2 is 2.19 bits per heavy atom. The highest BCUT2D eigenvalue weighted by Crippen LogP contribution is 2.37. The van der Waals surface area contributed by atoms with E-state index < -0.39 is 0 Å². The molecule has 6 nitrogen and oxygen atoms in total. The maximum Gasteiger partial charge on any atom is 0.180 e. The van der Waals surface area contributed by atoms with Crippen molar-refractivity contribution in [2.24, 2.45) is 12.8 Å². The predicted octanol–water partition coefficient (Wildman–Crippen LogP) is 1.95. The van der Waals surface area contributed by atoms with Gasteiger partial charge in [-0.1, -0.05) is 16.8 Å². The average Bonchev–Trinajstić information content (AvgIpc) is 2.82. The second kappa shape index (κ2) is 6.78. The molecule has 0 bridgehead atoms. The van der Waals surface area contributed by atoms with Crippen LogP contribution in [0, 0.1) is 0 Å². The maximum atomic E-state index is 6.28. The van der Waals surface area contributed by atoms with Gasteiger partial charge in [0.2, 0.25) is 0 Å². The molecule has 2 rings (SSSR count). The summed E-state index contributed by atoms with van der Waals surface area (Å²) in [6.45, 7) is 2.22. The summed E-state index contributed by atoms with van der Waals surface area (Å²) in [5.74, 6) is 1.08. The van der Waals surface area contributed by atoms with Crippen molar-refractivity contribution in [1.29, 1.82) is 0 Å². The number of nitrogens with two attached hydrogens (primary N) is 1. The predicted molar refractivity (Wildman–Crippen MR) is 80.7 cm³/mol. The van der Waals surface area contributed by atoms with Crippen molar-refractivity contribution in [2.75, 3.05) is 7.11 Å². The molecule has 114 valence electrons. The summed E-state index contributed by atoms with van der Waals surface area (Å²) in [6.07, 6.45) is 2.51. The van der Waals surface area contributed by atoms with Crippen LogP contribution in [-0.2, 0) is 20.1 Å². The smallest absolute Gasteiger partial charge is 0.180 e. The molecule has 0 aliphatic heterocycles. The van der Waals surface area contributed by atoms with Crippen molar-refractivity contribution < 1.29 is 9.47 Å². The van der Waals surface area contributed by atoms with Gasteiger partial charge in [-0.25, -0.2) is 0 Å². The van der Waals surface area contributed by atoms with Gasteiger partial charge in [-0.15, -0.1) is 5.10 Å². The Balaban J connectivity index is 2.18. The number of methoxy groups -OCH3 is 1. The van der Waals surface area contributed by atoms with E-state index in [1.807, 2.05) is 19.1 Å². The number of hydrogen-bond acceptors (Lipinski definition) is 5. The lowest BCUT2D eigenvalue weighted by atomic mass is 10.1. The Morgan fingerprint density at radius 1 is 1.43 bits per heavy atom. The molecular weight excluding hydrogens is 292 g/mol. The first-order valence-corrected chi connectivity index (χ1v) is 6.97. The third kappa shape index (κ3) is 4.09. The molecule has 1 atom stereocenters. The van der Waals surface area contributed by atoms with Gasteiger partial charge in [-0.3, -0.25) is 4.68 Å². The number of nitrogens with zero attached hydrogens (tertiary/aromatic N) is 3. The van der Waals surface area contributed by atoms with Gasteiger partial charge in [0.1, 0.15) is 12.3 Å². The van der Waals surface area contributed by atoms with E-state index in [1.54, 1.807) is 25.0 Å². The van der Waals surface area contributed by atoms with Gasteiger partial charge < -0.3 is 15.2 Å². The second-order valence-corrected chi connectivity index (χ2v) is 5.37. The molecule has 1 aromatic carbocycles. The normalized spacial score (nSPS) is 12.2. The summed E-state index contributed by atoms with van der Waals surface area (Å²) in [5, 5.41) is 8.30. The van der Waals surface area contributed by atoms with Crippen LogP contribution in [0.4, 0.5) is 0 Å². The van der Waals surface area contributed by atoms with E-state index >= 15 is 0 Å². The van der Waals surface area contributed by atoms with E-state index in [-0.39, 0.29) is 12.6 Å². The third-order valence-electron chi connectivity index (χ3n) is 2.86. The fourth-order valence-electron chi connectivity index (χ4n) is 2.01. The van der Waals surface area contributed by atoms with Crippen molar-refractivity contribution in [3.05, 3.63) is 34.6 Å².